The summed E-state index contributed by atoms with van der Waals surface area (Å²) in [7, 11) is 0. The molecule has 0 radical (unpaired) electrons. The highest BCUT2D eigenvalue weighted by molar-refractivity contribution is 6.47. The zero-order valence-corrected chi connectivity index (χ0v) is 53.4. The Kier molecular flexibility index (Phi) is 12.8. The molecule has 0 heterocycles. The number of hydrogen-bond donors (Lipinski definition) is 0. The second-order valence-corrected chi connectivity index (χ2v) is 25.3. The topological polar surface area (TPSA) is 6.48 Å². The van der Waals surface area contributed by atoms with Crippen LogP contribution in [0.2, 0.25) is 0 Å². The van der Waals surface area contributed by atoms with Crippen LogP contribution in [-0.2, 0) is 0 Å². The highest BCUT2D eigenvalue weighted by atomic mass is 15.2. The summed E-state index contributed by atoms with van der Waals surface area (Å²) < 4.78 is 0. The van der Waals surface area contributed by atoms with Crippen molar-refractivity contribution in [3.05, 3.63) is 233 Å². The molecule has 0 atom stereocenters. The van der Waals surface area contributed by atoms with Crippen LogP contribution in [0.5, 0.6) is 0 Å². The summed E-state index contributed by atoms with van der Waals surface area (Å²) in [5.74, 6) is 0. The Morgan fingerprint density at radius 1 is 0.179 bits per heavy atom. The summed E-state index contributed by atoms with van der Waals surface area (Å²) in [6.07, 6.45) is 0. The molecule has 13 aromatic rings. The van der Waals surface area contributed by atoms with E-state index in [0.29, 0.717) is 0 Å². The zero-order valence-electron chi connectivity index (χ0n) is 53.4. The van der Waals surface area contributed by atoms with Gasteiger partial charge in [0.2, 0.25) is 0 Å². The lowest BCUT2D eigenvalue weighted by molar-refractivity contribution is 1.10. The van der Waals surface area contributed by atoms with Gasteiger partial charge in [0, 0.05) is 10.8 Å². The van der Waals surface area contributed by atoms with E-state index in [4.69, 9.17) is 0 Å². The molecule has 0 aliphatic rings. The van der Waals surface area contributed by atoms with Gasteiger partial charge in [0.15, 0.2) is 0 Å². The van der Waals surface area contributed by atoms with Crippen molar-refractivity contribution in [1.29, 1.82) is 0 Å². The van der Waals surface area contributed by atoms with Gasteiger partial charge in [0.05, 0.1) is 34.1 Å². The number of hydrogen-bond acceptors (Lipinski definition) is 2. The number of fused-ring (bicyclic) bond motifs is 6. The lowest BCUT2D eigenvalue weighted by Crippen LogP contribution is -2.19. The smallest absolute Gasteiger partial charge is 0.0541 e. The number of nitrogens with zero attached hydrogens (tertiary/aromatic N) is 2. The molecule has 0 spiro atoms. The van der Waals surface area contributed by atoms with Crippen LogP contribution in [0, 0.1) is 138 Å². The van der Waals surface area contributed by atoms with Gasteiger partial charge in [-0.3, -0.25) is 0 Å². The van der Waals surface area contributed by atoms with E-state index >= 15 is 0 Å². The van der Waals surface area contributed by atoms with Crippen LogP contribution in [0.1, 0.15) is 111 Å². The molecule has 2 heteroatoms. The molecule has 0 saturated carbocycles. The Morgan fingerprint density at radius 3 is 0.643 bits per heavy atom. The molecule has 0 aromatic heterocycles. The fraction of sp³-hybridized carbons (Fsp3) is 0.244. The molecule has 0 aliphatic heterocycles. The van der Waals surface area contributed by atoms with E-state index < -0.39 is 0 Å². The first-order valence-corrected chi connectivity index (χ1v) is 30.5. The third-order valence-electron chi connectivity index (χ3n) is 22.0. The summed E-state index contributed by atoms with van der Waals surface area (Å²) in [5, 5.41) is 15.5. The first-order valence-electron chi connectivity index (χ1n) is 30.5. The van der Waals surface area contributed by atoms with Crippen molar-refractivity contribution in [1.82, 2.24) is 0 Å². The molecule has 13 aromatic carbocycles. The normalized spacial score (nSPS) is 12.0. The van der Waals surface area contributed by atoms with Gasteiger partial charge in [0.25, 0.3) is 0 Å². The third-order valence-corrected chi connectivity index (χ3v) is 22.0. The molecular formula is C82H80N2. The molecule has 0 fully saturated rings. The van der Waals surface area contributed by atoms with Crippen LogP contribution < -0.4 is 9.80 Å². The van der Waals surface area contributed by atoms with Crippen LogP contribution in [0.3, 0.4) is 0 Å². The summed E-state index contributed by atoms with van der Waals surface area (Å²) in [6.45, 7) is 46.6. The Bertz CT molecular complexity index is 4340. The van der Waals surface area contributed by atoms with Crippen molar-refractivity contribution >= 4 is 98.8 Å². The van der Waals surface area contributed by atoms with Gasteiger partial charge < -0.3 is 9.80 Å². The minimum Gasteiger partial charge on any atom is -0.309 e. The van der Waals surface area contributed by atoms with E-state index in [0.717, 1.165) is 0 Å². The average molecular weight is 1090 g/mol. The second kappa shape index (κ2) is 19.6. The van der Waals surface area contributed by atoms with E-state index in [1.165, 1.54) is 232 Å². The molecule has 2 nitrogen and oxygen atoms in total. The first-order chi connectivity index (χ1) is 40.1. The fourth-order valence-corrected chi connectivity index (χ4v) is 15.6. The minimum atomic E-state index is 1.21. The number of benzene rings is 11. The van der Waals surface area contributed by atoms with Crippen molar-refractivity contribution in [2.24, 2.45) is 0 Å². The summed E-state index contributed by atoms with van der Waals surface area (Å²) in [6, 6.07) is 47.0. The third kappa shape index (κ3) is 7.34. The molecule has 0 saturated heterocycles. The molecule has 13 rings (SSSR count). The Labute approximate surface area is 499 Å². The highest BCUT2D eigenvalue weighted by Crippen LogP contribution is 2.59. The van der Waals surface area contributed by atoms with Crippen molar-refractivity contribution in [2.75, 3.05) is 9.80 Å². The predicted octanol–water partition coefficient (Wildman–Crippen LogP) is 23.9. The van der Waals surface area contributed by atoms with E-state index in [9.17, 15) is 0 Å². The van der Waals surface area contributed by atoms with Crippen LogP contribution in [-0.4, -0.2) is 0 Å². The van der Waals surface area contributed by atoms with E-state index in [-0.39, 0.29) is 0 Å². The maximum absolute atomic E-state index is 2.68. The molecule has 84 heavy (non-hydrogen) atoms. The number of rotatable bonds is 8. The maximum Gasteiger partial charge on any atom is 0.0541 e. The summed E-state index contributed by atoms with van der Waals surface area (Å²) in [5.41, 5.74) is 39.6. The summed E-state index contributed by atoms with van der Waals surface area (Å²) >= 11 is 0. The van der Waals surface area contributed by atoms with Gasteiger partial charge in [-0.1, -0.05) is 109 Å². The summed E-state index contributed by atoms with van der Waals surface area (Å²) in [4.78, 5) is 5.36. The van der Waals surface area contributed by atoms with Crippen LogP contribution in [0.4, 0.5) is 34.1 Å². The molecular weight excluding hydrogens is 1010 g/mol. The monoisotopic (exact) mass is 1090 g/mol. The van der Waals surface area contributed by atoms with E-state index in [1.54, 1.807) is 0 Å². The van der Waals surface area contributed by atoms with Crippen molar-refractivity contribution in [3.8, 4) is 22.3 Å². The second-order valence-electron chi connectivity index (χ2n) is 25.3. The molecule has 0 aliphatic carbocycles. The zero-order chi connectivity index (χ0) is 59.5. The van der Waals surface area contributed by atoms with Gasteiger partial charge in [-0.15, -0.1) is 0 Å². The van der Waals surface area contributed by atoms with Crippen LogP contribution in [0.25, 0.3) is 86.9 Å². The largest absolute Gasteiger partial charge is 0.309 e. The average Bonchev–Trinajstić information content (AvgIpc) is 1.61. The Balaban J connectivity index is 1.22. The van der Waals surface area contributed by atoms with Crippen molar-refractivity contribution < 1.29 is 0 Å². The quantitative estimate of drug-likeness (QED) is 0.150. The lowest BCUT2D eigenvalue weighted by Gasteiger charge is -2.35. The van der Waals surface area contributed by atoms with Gasteiger partial charge in [-0.05, 0) is 338 Å². The SMILES string of the molecule is Cc1c(C)c(C)c(N(c2c(C)c(C)c(C)c(C)c2C)c2ccc3c4c(-c5ccccc5)c5c6ccc(N(c7c(C)c(C)c(C)c(C)c7C)c7c(C)c(C)c(C)c(C)c7C)c7cccc(c5c(-c5ccccc5)c4c4cccc2c43)c76)c(C)c1C. The fourth-order valence-electron chi connectivity index (χ4n) is 15.6. The molecule has 0 unspecified atom stereocenters. The highest BCUT2D eigenvalue weighted by Gasteiger charge is 2.33. The Morgan fingerprint density at radius 2 is 0.393 bits per heavy atom. The minimum absolute atomic E-state index is 1.21. The van der Waals surface area contributed by atoms with Gasteiger partial charge in [0.1, 0.15) is 0 Å². The van der Waals surface area contributed by atoms with Crippen molar-refractivity contribution in [2.45, 2.75) is 138 Å². The lowest BCUT2D eigenvalue weighted by atomic mass is 9.87. The predicted molar refractivity (Wildman–Crippen MR) is 369 cm³/mol. The van der Waals surface area contributed by atoms with Crippen LogP contribution >= 0.6 is 0 Å². The Hall–Kier alpha value is -8.46. The van der Waals surface area contributed by atoms with Crippen molar-refractivity contribution in [3.63, 3.8) is 0 Å². The molecule has 418 valence electrons. The molecule has 0 N–H and O–H groups in total. The first kappa shape index (κ1) is 54.8. The van der Waals surface area contributed by atoms with E-state index in [1.807, 2.05) is 0 Å². The van der Waals surface area contributed by atoms with Gasteiger partial charge in [-0.25, -0.2) is 0 Å². The van der Waals surface area contributed by atoms with Gasteiger partial charge >= 0.3 is 0 Å². The maximum atomic E-state index is 2.68. The van der Waals surface area contributed by atoms with E-state index in [2.05, 4.69) is 270 Å². The van der Waals surface area contributed by atoms with Crippen LogP contribution in [0.15, 0.2) is 121 Å². The standard InChI is InChI=1S/C82H80N2/c1-41-45(5)53(13)79(54(14)46(41)6)83(80-55(15)47(7)42(2)48(8)56(80)16)69-39-37-67-73-63(69)33-27-35-65(73)75-71(61-29-23-21-24-30-61)76-66-36-28-34-64-70(40-38-68(74(64)66)78(76)72(77(67)75)62-31-25-22-26-32-62)84(81-57(17)49(9)43(3)50(10)58(81)18)82-59(19)51(11)44(4)52(12)60(82)20/h21-40H,1-20H3. The molecule has 0 bridgehead atoms. The number of anilines is 6. The van der Waals surface area contributed by atoms with Gasteiger partial charge in [-0.2, -0.15) is 0 Å². The molecule has 0 amide bonds.